The summed E-state index contributed by atoms with van der Waals surface area (Å²) in [5.74, 6) is 0. The molecule has 0 aliphatic heterocycles. The molecule has 0 aliphatic rings. The van der Waals surface area contributed by atoms with Gasteiger partial charge in [0, 0.05) is 6.42 Å². The van der Waals surface area contributed by atoms with Crippen LogP contribution >= 0.6 is 7.60 Å². The first-order valence-corrected chi connectivity index (χ1v) is 6.08. The van der Waals surface area contributed by atoms with Crippen molar-refractivity contribution in [1.29, 1.82) is 0 Å². The lowest BCUT2D eigenvalue weighted by Gasteiger charge is -2.17. The highest BCUT2D eigenvalue weighted by Crippen LogP contribution is 2.56. The van der Waals surface area contributed by atoms with E-state index in [2.05, 4.69) is 18.9 Å². The highest BCUT2D eigenvalue weighted by atomic mass is 31.2. The van der Waals surface area contributed by atoms with Gasteiger partial charge in [-0.3, -0.25) is 4.57 Å². The molecule has 0 rings (SSSR count). The van der Waals surface area contributed by atoms with Gasteiger partial charge < -0.3 is 9.05 Å². The quantitative estimate of drug-likeness (QED) is 0.371. The Kier molecular flexibility index (Phi) is 6.52. The minimum absolute atomic E-state index is 0.333. The molecule has 0 saturated heterocycles. The van der Waals surface area contributed by atoms with Crippen LogP contribution in [0.25, 0.3) is 0 Å². The standard InChI is InChI=1S/C10H17O3P/c1-5-9-10(6-2)14(11,12-7-3)13-8-4/h5H,1-2,7-9H2,3-4H3. The Labute approximate surface area is 85.6 Å². The summed E-state index contributed by atoms with van der Waals surface area (Å²) >= 11 is 0. The van der Waals surface area contributed by atoms with Crippen molar-refractivity contribution in [3.05, 3.63) is 30.3 Å². The third kappa shape index (κ3) is 3.65. The van der Waals surface area contributed by atoms with Gasteiger partial charge >= 0.3 is 7.60 Å². The van der Waals surface area contributed by atoms with Crippen LogP contribution in [0.4, 0.5) is 0 Å². The maximum atomic E-state index is 12.1. The molecule has 0 fully saturated rings. The minimum Gasteiger partial charge on any atom is -0.305 e. The maximum Gasteiger partial charge on any atom is 0.365 e. The predicted molar refractivity (Wildman–Crippen MR) is 58.3 cm³/mol. The summed E-state index contributed by atoms with van der Waals surface area (Å²) in [4.78, 5) is 0. The Hall–Kier alpha value is -0.590. The van der Waals surface area contributed by atoms with Crippen LogP contribution in [-0.2, 0) is 13.6 Å². The van der Waals surface area contributed by atoms with Crippen LogP contribution in [0.5, 0.6) is 0 Å². The zero-order chi connectivity index (χ0) is 11.0. The van der Waals surface area contributed by atoms with E-state index in [0.717, 1.165) is 0 Å². The van der Waals surface area contributed by atoms with E-state index in [9.17, 15) is 4.57 Å². The van der Waals surface area contributed by atoms with Gasteiger partial charge in [-0.05, 0) is 13.8 Å². The average Bonchev–Trinajstić information content (AvgIpc) is 2.14. The topological polar surface area (TPSA) is 35.5 Å². The fourth-order valence-corrected chi connectivity index (χ4v) is 2.56. The Morgan fingerprint density at radius 1 is 1.43 bits per heavy atom. The summed E-state index contributed by atoms with van der Waals surface area (Å²) < 4.78 is 22.3. The van der Waals surface area contributed by atoms with E-state index in [1.807, 2.05) is 0 Å². The van der Waals surface area contributed by atoms with E-state index in [1.165, 1.54) is 0 Å². The molecule has 0 amide bonds. The molecule has 0 aromatic heterocycles. The van der Waals surface area contributed by atoms with E-state index in [0.29, 0.717) is 24.9 Å². The Bertz CT molecular complexity index is 267. The summed E-state index contributed by atoms with van der Waals surface area (Å²) in [5.41, 5.74) is 2.60. The summed E-state index contributed by atoms with van der Waals surface area (Å²) in [5, 5.41) is 0.441. The second-order valence-corrected chi connectivity index (χ2v) is 4.50. The first-order chi connectivity index (χ1) is 6.64. The van der Waals surface area contributed by atoms with Gasteiger partial charge in [0.25, 0.3) is 0 Å². The summed E-state index contributed by atoms with van der Waals surface area (Å²) in [7, 11) is -3.17. The number of allylic oxidation sites excluding steroid dienone is 2. The highest BCUT2D eigenvalue weighted by molar-refractivity contribution is 7.58. The van der Waals surface area contributed by atoms with Crippen molar-refractivity contribution in [2.75, 3.05) is 13.2 Å². The highest BCUT2D eigenvalue weighted by Gasteiger charge is 2.28. The van der Waals surface area contributed by atoms with E-state index in [1.54, 1.807) is 19.9 Å². The van der Waals surface area contributed by atoms with Crippen LogP contribution in [-0.4, -0.2) is 13.2 Å². The van der Waals surface area contributed by atoms with Crippen molar-refractivity contribution in [2.45, 2.75) is 20.3 Å². The van der Waals surface area contributed by atoms with Crippen LogP contribution in [0, 0.1) is 0 Å². The van der Waals surface area contributed by atoms with Crippen molar-refractivity contribution in [3.8, 4) is 0 Å². The number of hydrogen-bond donors (Lipinski definition) is 0. The molecule has 0 unspecified atom stereocenters. The van der Waals surface area contributed by atoms with Gasteiger partial charge in [0.1, 0.15) is 0 Å². The largest absolute Gasteiger partial charge is 0.365 e. The van der Waals surface area contributed by atoms with Gasteiger partial charge in [0.15, 0.2) is 0 Å². The third-order valence-electron chi connectivity index (χ3n) is 1.47. The Morgan fingerprint density at radius 2 is 1.93 bits per heavy atom. The molecule has 0 aromatic carbocycles. The maximum absolute atomic E-state index is 12.1. The van der Waals surface area contributed by atoms with Gasteiger partial charge in [-0.1, -0.05) is 12.7 Å². The molecular weight excluding hydrogens is 199 g/mol. The molecule has 4 heteroatoms. The fourth-order valence-electron chi connectivity index (χ4n) is 0.951. The Morgan fingerprint density at radius 3 is 2.21 bits per heavy atom. The van der Waals surface area contributed by atoms with Gasteiger partial charge in [-0.25, -0.2) is 0 Å². The monoisotopic (exact) mass is 216 g/mol. The first-order valence-electron chi connectivity index (χ1n) is 4.54. The van der Waals surface area contributed by atoms with E-state index in [-0.39, 0.29) is 0 Å². The second-order valence-electron chi connectivity index (χ2n) is 2.45. The van der Waals surface area contributed by atoms with E-state index >= 15 is 0 Å². The summed E-state index contributed by atoms with van der Waals surface area (Å²) in [6.07, 6.45) is 2.04. The molecule has 0 bridgehead atoms. The fraction of sp³-hybridized carbons (Fsp3) is 0.500. The zero-order valence-electron chi connectivity index (χ0n) is 8.78. The minimum atomic E-state index is -3.17. The smallest absolute Gasteiger partial charge is 0.305 e. The van der Waals surface area contributed by atoms with Crippen LogP contribution in [0.3, 0.4) is 0 Å². The van der Waals surface area contributed by atoms with Crippen LogP contribution in [0.15, 0.2) is 30.3 Å². The van der Waals surface area contributed by atoms with E-state index in [4.69, 9.17) is 9.05 Å². The van der Waals surface area contributed by atoms with Crippen molar-refractivity contribution >= 4 is 7.60 Å². The molecule has 0 atom stereocenters. The second kappa shape index (κ2) is 6.80. The molecule has 0 radical (unpaired) electrons. The lowest BCUT2D eigenvalue weighted by molar-refractivity contribution is 0.226. The molecule has 80 valence electrons. The summed E-state index contributed by atoms with van der Waals surface area (Å²) in [6, 6.07) is 0. The van der Waals surface area contributed by atoms with Gasteiger partial charge in [0.05, 0.1) is 18.5 Å². The number of rotatable bonds is 7. The molecule has 0 spiro atoms. The molecule has 0 saturated carbocycles. The van der Waals surface area contributed by atoms with Gasteiger partial charge in [-0.2, -0.15) is 0 Å². The molecule has 0 N–H and O–H groups in total. The molecule has 3 nitrogen and oxygen atoms in total. The molecular formula is C10H17O3P. The predicted octanol–water partition coefficient (Wildman–Crippen LogP) is 3.50. The van der Waals surface area contributed by atoms with Crippen LogP contribution in [0.1, 0.15) is 20.3 Å². The molecule has 0 aliphatic carbocycles. The lowest BCUT2D eigenvalue weighted by Crippen LogP contribution is -1.97. The Balaban J connectivity index is 4.86. The molecule has 0 heterocycles. The van der Waals surface area contributed by atoms with Crippen LogP contribution < -0.4 is 0 Å². The van der Waals surface area contributed by atoms with Gasteiger partial charge in [-0.15, -0.1) is 12.3 Å². The van der Waals surface area contributed by atoms with Crippen LogP contribution in [0.2, 0.25) is 0 Å². The normalized spacial score (nSPS) is 10.7. The third-order valence-corrected chi connectivity index (χ3v) is 3.67. The average molecular weight is 216 g/mol. The SMILES string of the molecule is C=C=C(CC=C)P(=O)(OCC)OCC. The van der Waals surface area contributed by atoms with Crippen molar-refractivity contribution in [1.82, 2.24) is 0 Å². The van der Waals surface area contributed by atoms with Crippen molar-refractivity contribution < 1.29 is 13.6 Å². The summed E-state index contributed by atoms with van der Waals surface area (Å²) in [6.45, 7) is 11.2. The van der Waals surface area contributed by atoms with E-state index < -0.39 is 7.60 Å². The lowest BCUT2D eigenvalue weighted by atomic mass is 10.4. The molecule has 0 aromatic rings. The first kappa shape index (κ1) is 13.4. The number of hydrogen-bond acceptors (Lipinski definition) is 3. The molecule has 14 heavy (non-hydrogen) atoms. The van der Waals surface area contributed by atoms with Crippen molar-refractivity contribution in [3.63, 3.8) is 0 Å². The van der Waals surface area contributed by atoms with Gasteiger partial charge in [0.2, 0.25) is 0 Å². The van der Waals surface area contributed by atoms with Crippen molar-refractivity contribution in [2.24, 2.45) is 0 Å². The zero-order valence-corrected chi connectivity index (χ0v) is 9.68.